The second kappa shape index (κ2) is 5.67. The third-order valence-electron chi connectivity index (χ3n) is 3.26. The monoisotopic (exact) mass is 262 g/mol. The molecule has 0 bridgehead atoms. The summed E-state index contributed by atoms with van der Waals surface area (Å²) < 4.78 is 25.7. The molecule has 0 spiro atoms. The van der Waals surface area contributed by atoms with Crippen LogP contribution in [-0.4, -0.2) is 45.2 Å². The summed E-state index contributed by atoms with van der Waals surface area (Å²) >= 11 is 0. The van der Waals surface area contributed by atoms with Crippen LogP contribution in [0.25, 0.3) is 0 Å². The molecule has 0 saturated carbocycles. The van der Waals surface area contributed by atoms with Crippen molar-refractivity contribution in [2.24, 2.45) is 11.3 Å². The summed E-state index contributed by atoms with van der Waals surface area (Å²) in [6.07, 6.45) is 1.87. The quantitative estimate of drug-likeness (QED) is 0.812. The van der Waals surface area contributed by atoms with Gasteiger partial charge in [0, 0.05) is 13.6 Å². The Labute approximate surface area is 106 Å². The van der Waals surface area contributed by atoms with E-state index in [-0.39, 0.29) is 11.3 Å². The number of sulfonamides is 1. The summed E-state index contributed by atoms with van der Waals surface area (Å²) in [5.74, 6) is 0.581. The smallest absolute Gasteiger partial charge is 0.214 e. The summed E-state index contributed by atoms with van der Waals surface area (Å²) in [4.78, 5) is 0. The predicted molar refractivity (Wildman–Crippen MR) is 71.5 cm³/mol. The summed E-state index contributed by atoms with van der Waals surface area (Å²) in [6.45, 7) is 8.81. The minimum atomic E-state index is -3.07. The summed E-state index contributed by atoms with van der Waals surface area (Å²) in [6, 6.07) is 0. The largest absolute Gasteiger partial charge is 0.316 e. The molecule has 102 valence electrons. The van der Waals surface area contributed by atoms with Gasteiger partial charge in [-0.3, -0.25) is 0 Å². The molecule has 1 rings (SSSR count). The van der Waals surface area contributed by atoms with Gasteiger partial charge in [-0.05, 0) is 37.3 Å². The van der Waals surface area contributed by atoms with Crippen LogP contribution in [0.3, 0.4) is 0 Å². The molecule has 0 amide bonds. The lowest BCUT2D eigenvalue weighted by molar-refractivity contribution is 0.330. The molecule has 1 N–H and O–H groups in total. The lowest BCUT2D eigenvalue weighted by Gasteiger charge is -2.24. The number of nitrogens with one attached hydrogen (secondary N) is 1. The Hall–Kier alpha value is -0.130. The summed E-state index contributed by atoms with van der Waals surface area (Å²) in [7, 11) is -1.37. The lowest BCUT2D eigenvalue weighted by Crippen LogP contribution is -2.34. The first-order valence-corrected chi connectivity index (χ1v) is 7.96. The highest BCUT2D eigenvalue weighted by molar-refractivity contribution is 7.89. The Morgan fingerprint density at radius 3 is 2.47 bits per heavy atom. The van der Waals surface area contributed by atoms with Crippen LogP contribution >= 0.6 is 0 Å². The second-order valence-electron chi connectivity index (χ2n) is 6.27. The van der Waals surface area contributed by atoms with Gasteiger partial charge < -0.3 is 5.32 Å². The van der Waals surface area contributed by atoms with Gasteiger partial charge in [0.2, 0.25) is 10.0 Å². The highest BCUT2D eigenvalue weighted by Crippen LogP contribution is 2.20. The highest BCUT2D eigenvalue weighted by atomic mass is 32.2. The lowest BCUT2D eigenvalue weighted by atomic mass is 9.92. The van der Waals surface area contributed by atoms with Crippen molar-refractivity contribution in [3.8, 4) is 0 Å². The molecule has 0 aromatic heterocycles. The van der Waals surface area contributed by atoms with Gasteiger partial charge in [-0.15, -0.1) is 0 Å². The zero-order valence-corrected chi connectivity index (χ0v) is 12.3. The molecule has 1 aliphatic heterocycles. The first kappa shape index (κ1) is 14.9. The first-order chi connectivity index (χ1) is 7.71. The minimum Gasteiger partial charge on any atom is -0.316 e. The molecule has 0 aromatic carbocycles. The van der Waals surface area contributed by atoms with Crippen molar-refractivity contribution in [3.05, 3.63) is 0 Å². The normalized spacial score (nSPS) is 22.3. The molecule has 0 aromatic rings. The Kier molecular flexibility index (Phi) is 4.98. The third-order valence-corrected chi connectivity index (χ3v) is 5.29. The number of nitrogens with zero attached hydrogens (tertiary/aromatic N) is 1. The highest BCUT2D eigenvalue weighted by Gasteiger charge is 2.26. The van der Waals surface area contributed by atoms with Crippen LogP contribution in [0.5, 0.6) is 0 Å². The molecule has 0 aliphatic carbocycles. The van der Waals surface area contributed by atoms with E-state index in [4.69, 9.17) is 0 Å². The maximum atomic E-state index is 12.1. The van der Waals surface area contributed by atoms with Gasteiger partial charge in [-0.2, -0.15) is 0 Å². The molecule has 5 heteroatoms. The van der Waals surface area contributed by atoms with E-state index in [1.807, 2.05) is 0 Å². The summed E-state index contributed by atoms with van der Waals surface area (Å²) in [5.41, 5.74) is 0.179. The van der Waals surface area contributed by atoms with Crippen molar-refractivity contribution < 1.29 is 8.42 Å². The molecule has 0 radical (unpaired) electrons. The fourth-order valence-electron chi connectivity index (χ4n) is 1.91. The molecular formula is C12H26N2O2S. The second-order valence-corrected chi connectivity index (χ2v) is 8.39. The number of hydrogen-bond acceptors (Lipinski definition) is 3. The van der Waals surface area contributed by atoms with E-state index in [9.17, 15) is 8.42 Å². The van der Waals surface area contributed by atoms with Crippen molar-refractivity contribution in [1.29, 1.82) is 0 Å². The van der Waals surface area contributed by atoms with E-state index in [0.717, 1.165) is 25.9 Å². The van der Waals surface area contributed by atoms with Crippen LogP contribution in [0.1, 0.15) is 33.6 Å². The van der Waals surface area contributed by atoms with Gasteiger partial charge in [0.05, 0.1) is 5.75 Å². The standard InChI is InChI=1S/C12H26N2O2S/c1-12(2,3)6-8-14(4)17(15,16)10-11-5-7-13-9-11/h11,13H,5-10H2,1-4H3. The van der Waals surface area contributed by atoms with Gasteiger partial charge in [-0.1, -0.05) is 20.8 Å². The fourth-order valence-corrected chi connectivity index (χ4v) is 3.42. The third kappa shape index (κ3) is 5.36. The van der Waals surface area contributed by atoms with Crippen LogP contribution in [0, 0.1) is 11.3 Å². The van der Waals surface area contributed by atoms with Crippen molar-refractivity contribution in [2.75, 3.05) is 32.4 Å². The van der Waals surface area contributed by atoms with E-state index < -0.39 is 10.0 Å². The molecular weight excluding hydrogens is 236 g/mol. The number of hydrogen-bond donors (Lipinski definition) is 1. The van der Waals surface area contributed by atoms with Crippen molar-refractivity contribution in [3.63, 3.8) is 0 Å². The van der Waals surface area contributed by atoms with Gasteiger partial charge in [-0.25, -0.2) is 12.7 Å². The molecule has 1 aliphatic rings. The molecule has 1 atom stereocenters. The first-order valence-electron chi connectivity index (χ1n) is 6.35. The Bertz CT molecular complexity index is 327. The van der Waals surface area contributed by atoms with Crippen molar-refractivity contribution >= 4 is 10.0 Å². The molecule has 17 heavy (non-hydrogen) atoms. The van der Waals surface area contributed by atoms with Gasteiger partial charge >= 0.3 is 0 Å². The maximum Gasteiger partial charge on any atom is 0.214 e. The topological polar surface area (TPSA) is 49.4 Å². The van der Waals surface area contributed by atoms with E-state index in [2.05, 4.69) is 26.1 Å². The van der Waals surface area contributed by atoms with E-state index in [1.54, 1.807) is 7.05 Å². The van der Waals surface area contributed by atoms with Crippen molar-refractivity contribution in [1.82, 2.24) is 9.62 Å². The fraction of sp³-hybridized carbons (Fsp3) is 1.00. The van der Waals surface area contributed by atoms with Crippen LogP contribution in [0.15, 0.2) is 0 Å². The SMILES string of the molecule is CN(CCC(C)(C)C)S(=O)(=O)CC1CCNC1. The maximum absolute atomic E-state index is 12.1. The zero-order chi connectivity index (χ0) is 13.1. The van der Waals surface area contributed by atoms with E-state index in [0.29, 0.717) is 12.3 Å². The summed E-state index contributed by atoms with van der Waals surface area (Å²) in [5, 5.41) is 3.21. The zero-order valence-electron chi connectivity index (χ0n) is 11.5. The van der Waals surface area contributed by atoms with E-state index in [1.165, 1.54) is 4.31 Å². The Morgan fingerprint density at radius 1 is 1.35 bits per heavy atom. The molecule has 1 unspecified atom stereocenters. The van der Waals surface area contributed by atoms with Gasteiger partial charge in [0.15, 0.2) is 0 Å². The Balaban J connectivity index is 2.45. The van der Waals surface area contributed by atoms with Crippen LogP contribution < -0.4 is 5.32 Å². The van der Waals surface area contributed by atoms with Gasteiger partial charge in [0.25, 0.3) is 0 Å². The molecule has 4 nitrogen and oxygen atoms in total. The average Bonchev–Trinajstić information content (AvgIpc) is 2.64. The van der Waals surface area contributed by atoms with E-state index >= 15 is 0 Å². The molecule has 1 heterocycles. The average molecular weight is 262 g/mol. The Morgan fingerprint density at radius 2 is 2.00 bits per heavy atom. The number of rotatable bonds is 5. The van der Waals surface area contributed by atoms with Crippen molar-refractivity contribution in [2.45, 2.75) is 33.6 Å². The van der Waals surface area contributed by atoms with Crippen LogP contribution in [0.4, 0.5) is 0 Å². The predicted octanol–water partition coefficient (Wildman–Crippen LogP) is 1.29. The minimum absolute atomic E-state index is 0.179. The molecule has 1 fully saturated rings. The van der Waals surface area contributed by atoms with Gasteiger partial charge in [0.1, 0.15) is 0 Å². The van der Waals surface area contributed by atoms with Crippen LogP contribution in [0.2, 0.25) is 0 Å². The van der Waals surface area contributed by atoms with Crippen LogP contribution in [-0.2, 0) is 10.0 Å². The molecule has 1 saturated heterocycles.